The average Bonchev–Trinajstić information content (AvgIpc) is 2.73. The Labute approximate surface area is 174 Å². The van der Waals surface area contributed by atoms with E-state index in [0.29, 0.717) is 5.56 Å². The van der Waals surface area contributed by atoms with Gasteiger partial charge < -0.3 is 29.5 Å². The van der Waals surface area contributed by atoms with Crippen LogP contribution in [0.2, 0.25) is 0 Å². The zero-order valence-electron chi connectivity index (χ0n) is 15.1. The van der Waals surface area contributed by atoms with Gasteiger partial charge in [-0.25, -0.2) is 9.59 Å². The van der Waals surface area contributed by atoms with Gasteiger partial charge >= 0.3 is 11.9 Å². The molecule has 1 aliphatic heterocycles. The van der Waals surface area contributed by atoms with Crippen LogP contribution in [0.1, 0.15) is 15.9 Å². The molecular weight excluding hydrogens is 448 g/mol. The number of rotatable bonds is 5. The molecule has 1 fully saturated rings. The van der Waals surface area contributed by atoms with Gasteiger partial charge in [-0.15, -0.1) is 0 Å². The number of ether oxygens (including phenoxy) is 3. The third-order valence-electron chi connectivity index (χ3n) is 4.33. The highest BCUT2D eigenvalue weighted by Gasteiger charge is 2.49. The van der Waals surface area contributed by atoms with Crippen molar-refractivity contribution in [3.8, 4) is 0 Å². The molecule has 1 saturated heterocycles. The van der Waals surface area contributed by atoms with Gasteiger partial charge in [0.1, 0.15) is 24.9 Å². The summed E-state index contributed by atoms with van der Waals surface area (Å²) in [7, 11) is 0. The van der Waals surface area contributed by atoms with Gasteiger partial charge in [0.25, 0.3) is 0 Å². The van der Waals surface area contributed by atoms with Gasteiger partial charge in [-0.3, -0.25) is 0 Å². The molecule has 1 aliphatic rings. The van der Waals surface area contributed by atoms with Crippen molar-refractivity contribution in [3.63, 3.8) is 0 Å². The lowest BCUT2D eigenvalue weighted by atomic mass is 9.99. The first-order chi connectivity index (χ1) is 13.9. The molecule has 8 nitrogen and oxygen atoms in total. The van der Waals surface area contributed by atoms with Crippen LogP contribution in [0.3, 0.4) is 0 Å². The first-order valence-electron chi connectivity index (χ1n) is 8.73. The predicted octanol–water partition coefficient (Wildman–Crippen LogP) is 1.16. The van der Waals surface area contributed by atoms with Crippen molar-refractivity contribution in [2.75, 3.05) is 0 Å². The minimum atomic E-state index is -1.78. The number of esters is 2. The Balaban J connectivity index is 1.66. The van der Waals surface area contributed by atoms with Gasteiger partial charge in [0.2, 0.25) is 6.29 Å². The van der Waals surface area contributed by atoms with E-state index in [-0.39, 0.29) is 12.2 Å². The Bertz CT molecular complexity index is 841. The van der Waals surface area contributed by atoms with Crippen LogP contribution in [0.5, 0.6) is 0 Å². The topological polar surface area (TPSA) is 123 Å². The third-order valence-corrected chi connectivity index (χ3v) is 4.86. The molecule has 0 aliphatic carbocycles. The molecule has 3 rings (SSSR count). The van der Waals surface area contributed by atoms with E-state index in [4.69, 9.17) is 14.2 Å². The maximum atomic E-state index is 12.3. The largest absolute Gasteiger partial charge is 0.459 e. The van der Waals surface area contributed by atoms with E-state index in [1.807, 2.05) is 0 Å². The van der Waals surface area contributed by atoms with Crippen molar-refractivity contribution in [1.82, 2.24) is 0 Å². The molecule has 0 spiro atoms. The number of hydrogen-bond acceptors (Lipinski definition) is 8. The quantitative estimate of drug-likeness (QED) is 0.560. The summed E-state index contributed by atoms with van der Waals surface area (Å²) in [6.07, 6.45) is -8.59. The molecule has 1 heterocycles. The Morgan fingerprint density at radius 2 is 1.59 bits per heavy atom. The third kappa shape index (κ3) is 5.20. The molecule has 0 radical (unpaired) electrons. The SMILES string of the molecule is O=C(O[C@@H]1O[C@H](C(=O)OCc2ccccc2)[C@@H](O)[C@H](O)[C@H]1O)c1ccc(Br)cc1. The van der Waals surface area contributed by atoms with E-state index in [9.17, 15) is 24.9 Å². The molecule has 154 valence electrons. The van der Waals surface area contributed by atoms with Gasteiger partial charge in [0, 0.05) is 4.47 Å². The molecule has 3 N–H and O–H groups in total. The molecule has 9 heteroatoms. The number of aliphatic hydroxyl groups excluding tert-OH is 3. The van der Waals surface area contributed by atoms with E-state index in [2.05, 4.69) is 15.9 Å². The smallest absolute Gasteiger partial charge is 0.340 e. The number of carbonyl (C=O) groups is 2. The predicted molar refractivity (Wildman–Crippen MR) is 102 cm³/mol. The van der Waals surface area contributed by atoms with Crippen LogP contribution in [-0.4, -0.2) is 58.0 Å². The minimum absolute atomic E-state index is 0.0751. The normalized spacial score (nSPS) is 26.6. The van der Waals surface area contributed by atoms with E-state index in [0.717, 1.165) is 4.47 Å². The molecule has 0 saturated carbocycles. The van der Waals surface area contributed by atoms with Crippen LogP contribution in [0, 0.1) is 0 Å². The Kier molecular flexibility index (Phi) is 6.99. The van der Waals surface area contributed by atoms with Gasteiger partial charge in [-0.2, -0.15) is 0 Å². The first kappa shape index (κ1) is 21.4. The maximum absolute atomic E-state index is 12.3. The van der Waals surface area contributed by atoms with Crippen LogP contribution < -0.4 is 0 Å². The van der Waals surface area contributed by atoms with Gasteiger partial charge in [-0.05, 0) is 29.8 Å². The molecule has 2 aromatic carbocycles. The molecule has 0 amide bonds. The number of halogens is 1. The fraction of sp³-hybridized carbons (Fsp3) is 0.300. The van der Waals surface area contributed by atoms with E-state index in [1.165, 1.54) is 12.1 Å². The second-order valence-corrected chi connectivity index (χ2v) is 7.32. The summed E-state index contributed by atoms with van der Waals surface area (Å²) >= 11 is 3.24. The van der Waals surface area contributed by atoms with Crippen molar-refractivity contribution in [1.29, 1.82) is 0 Å². The summed E-state index contributed by atoms with van der Waals surface area (Å²) in [5.41, 5.74) is 0.887. The minimum Gasteiger partial charge on any atom is -0.459 e. The Morgan fingerprint density at radius 1 is 0.931 bits per heavy atom. The van der Waals surface area contributed by atoms with Crippen LogP contribution in [0.25, 0.3) is 0 Å². The zero-order valence-corrected chi connectivity index (χ0v) is 16.6. The van der Waals surface area contributed by atoms with Crippen molar-refractivity contribution in [2.24, 2.45) is 0 Å². The lowest BCUT2D eigenvalue weighted by molar-refractivity contribution is -0.280. The van der Waals surface area contributed by atoms with Crippen LogP contribution in [0.15, 0.2) is 59.1 Å². The summed E-state index contributed by atoms with van der Waals surface area (Å²) < 4.78 is 16.2. The number of benzene rings is 2. The first-order valence-corrected chi connectivity index (χ1v) is 9.53. The Morgan fingerprint density at radius 3 is 2.24 bits per heavy atom. The molecule has 0 unspecified atom stereocenters. The van der Waals surface area contributed by atoms with Crippen LogP contribution in [0.4, 0.5) is 0 Å². The fourth-order valence-corrected chi connectivity index (χ4v) is 2.97. The van der Waals surface area contributed by atoms with E-state index < -0.39 is 42.6 Å². The van der Waals surface area contributed by atoms with Crippen molar-refractivity contribution < 1.29 is 39.1 Å². The van der Waals surface area contributed by atoms with Gasteiger partial charge in [-0.1, -0.05) is 46.3 Å². The second kappa shape index (κ2) is 9.47. The molecule has 29 heavy (non-hydrogen) atoms. The number of carbonyl (C=O) groups excluding carboxylic acids is 2. The van der Waals surface area contributed by atoms with Gasteiger partial charge in [0.05, 0.1) is 5.56 Å². The van der Waals surface area contributed by atoms with Crippen molar-refractivity contribution in [2.45, 2.75) is 37.3 Å². The summed E-state index contributed by atoms with van der Waals surface area (Å²) in [5, 5.41) is 30.2. The highest BCUT2D eigenvalue weighted by atomic mass is 79.9. The fourth-order valence-electron chi connectivity index (χ4n) is 2.71. The highest BCUT2D eigenvalue weighted by Crippen LogP contribution is 2.24. The monoisotopic (exact) mass is 466 g/mol. The number of aliphatic hydroxyl groups is 3. The lowest BCUT2D eigenvalue weighted by Crippen LogP contribution is -2.60. The lowest BCUT2D eigenvalue weighted by Gasteiger charge is -2.38. The van der Waals surface area contributed by atoms with Crippen molar-refractivity contribution >= 4 is 27.9 Å². The highest BCUT2D eigenvalue weighted by molar-refractivity contribution is 9.10. The summed E-state index contributed by atoms with van der Waals surface area (Å²) in [5.74, 6) is -1.79. The van der Waals surface area contributed by atoms with E-state index in [1.54, 1.807) is 42.5 Å². The van der Waals surface area contributed by atoms with Crippen LogP contribution >= 0.6 is 15.9 Å². The zero-order chi connectivity index (χ0) is 21.0. The number of hydrogen-bond donors (Lipinski definition) is 3. The molecule has 5 atom stereocenters. The van der Waals surface area contributed by atoms with Crippen molar-refractivity contribution in [3.05, 3.63) is 70.2 Å². The molecule has 0 aromatic heterocycles. The molecule has 0 bridgehead atoms. The standard InChI is InChI=1S/C20H19BrO8/c21-13-8-6-12(7-9-13)18(25)29-20-16(24)14(22)15(23)17(28-20)19(26)27-10-11-4-2-1-3-5-11/h1-9,14-17,20,22-24H,10H2/t14-,15-,16+,17-,20-/m0/s1. The second-order valence-electron chi connectivity index (χ2n) is 6.40. The molecular formula is C20H19BrO8. The summed E-state index contributed by atoms with van der Waals surface area (Å²) in [6.45, 7) is -0.0751. The average molecular weight is 467 g/mol. The van der Waals surface area contributed by atoms with E-state index >= 15 is 0 Å². The maximum Gasteiger partial charge on any atom is 0.340 e. The Hall–Kier alpha value is -2.30. The van der Waals surface area contributed by atoms with Crippen LogP contribution in [-0.2, 0) is 25.6 Å². The summed E-state index contributed by atoms with van der Waals surface area (Å²) in [6, 6.07) is 15.0. The van der Waals surface area contributed by atoms with Gasteiger partial charge in [0.15, 0.2) is 6.10 Å². The summed E-state index contributed by atoms with van der Waals surface area (Å²) in [4.78, 5) is 24.6. The molecule has 2 aromatic rings.